The Kier molecular flexibility index (Phi) is 4.25. The minimum atomic E-state index is -0.149. The molecule has 6 heteroatoms. The zero-order valence-electron chi connectivity index (χ0n) is 11.8. The van der Waals surface area contributed by atoms with Gasteiger partial charge in [0.05, 0.1) is 11.9 Å². The summed E-state index contributed by atoms with van der Waals surface area (Å²) < 4.78 is 0. The molecule has 1 atom stereocenters. The highest BCUT2D eigenvalue weighted by molar-refractivity contribution is 5.92. The lowest BCUT2D eigenvalue weighted by molar-refractivity contribution is 0.0928. The summed E-state index contributed by atoms with van der Waals surface area (Å²) in [5.41, 5.74) is 1.20. The van der Waals surface area contributed by atoms with Crippen molar-refractivity contribution in [3.8, 4) is 5.69 Å². The molecule has 0 spiro atoms. The number of nitrogens with one attached hydrogen (secondary N) is 2. The molecule has 6 nitrogen and oxygen atoms in total. The third-order valence-electron chi connectivity index (χ3n) is 3.62. The SMILES string of the molecule is O=C(NC1CCCNCC1)c1cnn(-c2ccccc2)n1. The Hall–Kier alpha value is -2.21. The predicted octanol–water partition coefficient (Wildman–Crippen LogP) is 1.14. The molecule has 0 saturated carbocycles. The quantitative estimate of drug-likeness (QED) is 0.887. The summed E-state index contributed by atoms with van der Waals surface area (Å²) in [5, 5.41) is 14.8. The largest absolute Gasteiger partial charge is 0.348 e. The maximum Gasteiger partial charge on any atom is 0.273 e. The van der Waals surface area contributed by atoms with Crippen molar-refractivity contribution in [1.82, 2.24) is 25.6 Å². The first-order valence-corrected chi connectivity index (χ1v) is 7.32. The number of amides is 1. The molecule has 1 fully saturated rings. The predicted molar refractivity (Wildman–Crippen MR) is 79.3 cm³/mol. The first-order chi connectivity index (χ1) is 10.3. The molecular weight excluding hydrogens is 266 g/mol. The van der Waals surface area contributed by atoms with Crippen molar-refractivity contribution in [2.24, 2.45) is 0 Å². The van der Waals surface area contributed by atoms with Gasteiger partial charge in [0.2, 0.25) is 0 Å². The highest BCUT2D eigenvalue weighted by Crippen LogP contribution is 2.07. The van der Waals surface area contributed by atoms with Crippen LogP contribution in [0.4, 0.5) is 0 Å². The zero-order chi connectivity index (χ0) is 14.5. The fourth-order valence-electron chi connectivity index (χ4n) is 2.48. The third kappa shape index (κ3) is 3.46. The Morgan fingerprint density at radius 2 is 2.10 bits per heavy atom. The van der Waals surface area contributed by atoms with Crippen LogP contribution in [-0.4, -0.2) is 40.0 Å². The molecular formula is C15H19N5O. The molecule has 3 rings (SSSR count). The van der Waals surface area contributed by atoms with E-state index in [1.807, 2.05) is 30.3 Å². The van der Waals surface area contributed by atoms with Gasteiger partial charge in [0, 0.05) is 6.04 Å². The standard InChI is InChI=1S/C15H19N5O/c21-15(18-12-5-4-9-16-10-8-12)14-11-17-20(19-14)13-6-2-1-3-7-13/h1-3,6-7,11-12,16H,4-5,8-10H2,(H,18,21). The third-order valence-corrected chi connectivity index (χ3v) is 3.62. The average molecular weight is 285 g/mol. The van der Waals surface area contributed by atoms with Crippen molar-refractivity contribution < 1.29 is 4.79 Å². The van der Waals surface area contributed by atoms with E-state index in [-0.39, 0.29) is 11.9 Å². The molecule has 1 saturated heterocycles. The lowest BCUT2D eigenvalue weighted by Gasteiger charge is -2.14. The van der Waals surface area contributed by atoms with Crippen LogP contribution in [0.5, 0.6) is 0 Å². The van der Waals surface area contributed by atoms with Crippen LogP contribution in [-0.2, 0) is 0 Å². The van der Waals surface area contributed by atoms with Crippen molar-refractivity contribution in [2.45, 2.75) is 25.3 Å². The second-order valence-corrected chi connectivity index (χ2v) is 5.21. The summed E-state index contributed by atoms with van der Waals surface area (Å²) in [6.45, 7) is 1.97. The average Bonchev–Trinajstić information content (AvgIpc) is 2.88. The number of rotatable bonds is 3. The molecule has 1 aliphatic heterocycles. The lowest BCUT2D eigenvalue weighted by Crippen LogP contribution is -2.35. The summed E-state index contributed by atoms with van der Waals surface area (Å²) in [4.78, 5) is 13.7. The van der Waals surface area contributed by atoms with Gasteiger partial charge < -0.3 is 10.6 Å². The highest BCUT2D eigenvalue weighted by atomic mass is 16.2. The fourth-order valence-corrected chi connectivity index (χ4v) is 2.48. The summed E-state index contributed by atoms with van der Waals surface area (Å²) in [6.07, 6.45) is 4.56. The van der Waals surface area contributed by atoms with Gasteiger partial charge in [0.15, 0.2) is 5.69 Å². The van der Waals surface area contributed by atoms with Crippen molar-refractivity contribution in [1.29, 1.82) is 0 Å². The van der Waals surface area contributed by atoms with Crippen molar-refractivity contribution in [3.05, 3.63) is 42.2 Å². The maximum absolute atomic E-state index is 12.2. The van der Waals surface area contributed by atoms with Crippen LogP contribution in [0.3, 0.4) is 0 Å². The molecule has 0 radical (unpaired) electrons. The molecule has 2 heterocycles. The van der Waals surface area contributed by atoms with Crippen LogP contribution in [0.2, 0.25) is 0 Å². The molecule has 1 aromatic heterocycles. The first-order valence-electron chi connectivity index (χ1n) is 7.32. The number of benzene rings is 1. The van der Waals surface area contributed by atoms with E-state index in [1.165, 1.54) is 11.0 Å². The van der Waals surface area contributed by atoms with Gasteiger partial charge in [-0.25, -0.2) is 0 Å². The van der Waals surface area contributed by atoms with Gasteiger partial charge in [0.25, 0.3) is 5.91 Å². The van der Waals surface area contributed by atoms with E-state index in [0.29, 0.717) is 5.69 Å². The van der Waals surface area contributed by atoms with Crippen molar-refractivity contribution in [2.75, 3.05) is 13.1 Å². The molecule has 1 aromatic carbocycles. The van der Waals surface area contributed by atoms with Gasteiger partial charge in [-0.05, 0) is 44.5 Å². The molecule has 0 bridgehead atoms. The van der Waals surface area contributed by atoms with Crippen LogP contribution in [0, 0.1) is 0 Å². The number of nitrogens with zero attached hydrogens (tertiary/aromatic N) is 3. The van der Waals surface area contributed by atoms with Crippen LogP contribution < -0.4 is 10.6 Å². The van der Waals surface area contributed by atoms with Gasteiger partial charge in [0.1, 0.15) is 0 Å². The number of aromatic nitrogens is 3. The number of carbonyl (C=O) groups is 1. The number of carbonyl (C=O) groups excluding carboxylic acids is 1. The second-order valence-electron chi connectivity index (χ2n) is 5.21. The number of hydrogen-bond donors (Lipinski definition) is 2. The van der Waals surface area contributed by atoms with Gasteiger partial charge in [-0.3, -0.25) is 4.79 Å². The number of hydrogen-bond acceptors (Lipinski definition) is 4. The Labute approximate surface area is 123 Å². The normalized spacial score (nSPS) is 19.0. The minimum Gasteiger partial charge on any atom is -0.348 e. The van der Waals surface area contributed by atoms with E-state index in [9.17, 15) is 4.79 Å². The van der Waals surface area contributed by atoms with Gasteiger partial charge in [-0.15, -0.1) is 5.10 Å². The van der Waals surface area contributed by atoms with Crippen LogP contribution in [0.1, 0.15) is 29.8 Å². The monoisotopic (exact) mass is 285 g/mol. The molecule has 0 aliphatic carbocycles. The Bertz CT molecular complexity index is 587. The molecule has 1 amide bonds. The maximum atomic E-state index is 12.2. The van der Waals surface area contributed by atoms with E-state index in [2.05, 4.69) is 20.8 Å². The molecule has 1 unspecified atom stereocenters. The Morgan fingerprint density at radius 1 is 1.24 bits per heavy atom. The van der Waals surface area contributed by atoms with Crippen LogP contribution in [0.15, 0.2) is 36.5 Å². The van der Waals surface area contributed by atoms with Crippen LogP contribution >= 0.6 is 0 Å². The van der Waals surface area contributed by atoms with Gasteiger partial charge >= 0.3 is 0 Å². The lowest BCUT2D eigenvalue weighted by atomic mass is 10.1. The Balaban J connectivity index is 1.66. The fraction of sp³-hybridized carbons (Fsp3) is 0.400. The van der Waals surface area contributed by atoms with Crippen molar-refractivity contribution >= 4 is 5.91 Å². The first kappa shape index (κ1) is 13.8. The summed E-state index contributed by atoms with van der Waals surface area (Å²) in [6, 6.07) is 9.78. The van der Waals surface area contributed by atoms with E-state index in [4.69, 9.17) is 0 Å². The minimum absolute atomic E-state index is 0.149. The van der Waals surface area contributed by atoms with E-state index in [0.717, 1.165) is 38.0 Å². The van der Waals surface area contributed by atoms with Crippen molar-refractivity contribution in [3.63, 3.8) is 0 Å². The van der Waals surface area contributed by atoms with E-state index >= 15 is 0 Å². The topological polar surface area (TPSA) is 71.8 Å². The molecule has 110 valence electrons. The summed E-state index contributed by atoms with van der Waals surface area (Å²) >= 11 is 0. The summed E-state index contributed by atoms with van der Waals surface area (Å²) in [5.74, 6) is -0.149. The summed E-state index contributed by atoms with van der Waals surface area (Å²) in [7, 11) is 0. The Morgan fingerprint density at radius 3 is 2.95 bits per heavy atom. The van der Waals surface area contributed by atoms with Gasteiger partial charge in [-0.2, -0.15) is 9.90 Å². The van der Waals surface area contributed by atoms with Crippen LogP contribution in [0.25, 0.3) is 5.69 Å². The van der Waals surface area contributed by atoms with E-state index < -0.39 is 0 Å². The second kappa shape index (κ2) is 6.49. The van der Waals surface area contributed by atoms with E-state index in [1.54, 1.807) is 0 Å². The smallest absolute Gasteiger partial charge is 0.273 e. The molecule has 2 aromatic rings. The van der Waals surface area contributed by atoms with Gasteiger partial charge in [-0.1, -0.05) is 18.2 Å². The molecule has 21 heavy (non-hydrogen) atoms. The molecule has 1 aliphatic rings. The molecule has 2 N–H and O–H groups in total. The zero-order valence-corrected chi connectivity index (χ0v) is 11.8. The highest BCUT2D eigenvalue weighted by Gasteiger charge is 2.17. The number of para-hydroxylation sites is 1.